The summed E-state index contributed by atoms with van der Waals surface area (Å²) in [6.45, 7) is 1.42. The molecule has 0 atom stereocenters. The minimum absolute atomic E-state index is 0.0303. The summed E-state index contributed by atoms with van der Waals surface area (Å²) in [6, 6.07) is 11.9. The van der Waals surface area contributed by atoms with E-state index < -0.39 is 5.97 Å². The lowest BCUT2D eigenvalue weighted by Gasteiger charge is -2.35. The van der Waals surface area contributed by atoms with E-state index in [0.29, 0.717) is 26.2 Å². The number of amides is 2. The fourth-order valence-corrected chi connectivity index (χ4v) is 3.07. The second-order valence-corrected chi connectivity index (χ2v) is 6.33. The zero-order valence-corrected chi connectivity index (χ0v) is 14.6. The molecule has 0 bridgehead atoms. The van der Waals surface area contributed by atoms with Crippen molar-refractivity contribution in [1.29, 1.82) is 0 Å². The maximum Gasteiger partial charge on any atom is 0.336 e. The van der Waals surface area contributed by atoms with Gasteiger partial charge in [-0.1, -0.05) is 24.3 Å². The Balaban J connectivity index is 1.60. The van der Waals surface area contributed by atoms with Crippen LogP contribution in [0.4, 0.5) is 4.39 Å². The molecule has 27 heavy (non-hydrogen) atoms. The smallest absolute Gasteiger partial charge is 0.336 e. The number of halogens is 1. The monoisotopic (exact) mass is 370 g/mol. The fraction of sp³-hybridized carbons (Fsp3) is 0.250. The van der Waals surface area contributed by atoms with Gasteiger partial charge in [0.2, 0.25) is 5.91 Å². The van der Waals surface area contributed by atoms with E-state index in [1.54, 1.807) is 34.1 Å². The van der Waals surface area contributed by atoms with Crippen LogP contribution >= 0.6 is 0 Å². The molecule has 3 rings (SSSR count). The van der Waals surface area contributed by atoms with Crippen LogP contribution in [0.3, 0.4) is 0 Å². The summed E-state index contributed by atoms with van der Waals surface area (Å²) in [5, 5.41) is 9.24. The molecule has 2 aromatic carbocycles. The molecule has 2 amide bonds. The molecule has 1 saturated heterocycles. The number of hydrogen-bond donors (Lipinski definition) is 1. The predicted molar refractivity (Wildman–Crippen MR) is 96.0 cm³/mol. The van der Waals surface area contributed by atoms with Gasteiger partial charge in [0.25, 0.3) is 5.91 Å². The molecule has 6 nitrogen and oxygen atoms in total. The topological polar surface area (TPSA) is 77.9 Å². The summed E-state index contributed by atoms with van der Waals surface area (Å²) < 4.78 is 12.9. The predicted octanol–water partition coefficient (Wildman–Crippen LogP) is 2.05. The number of carboxylic acids is 1. The molecule has 1 aliphatic heterocycles. The molecule has 1 heterocycles. The van der Waals surface area contributed by atoms with Crippen molar-refractivity contribution < 1.29 is 23.9 Å². The van der Waals surface area contributed by atoms with E-state index >= 15 is 0 Å². The van der Waals surface area contributed by atoms with Crippen LogP contribution in [0.1, 0.15) is 26.3 Å². The quantitative estimate of drug-likeness (QED) is 0.894. The van der Waals surface area contributed by atoms with Gasteiger partial charge in [-0.3, -0.25) is 9.59 Å². The number of hydrogen-bond acceptors (Lipinski definition) is 3. The Morgan fingerprint density at radius 3 is 2.00 bits per heavy atom. The molecule has 1 aliphatic rings. The summed E-state index contributed by atoms with van der Waals surface area (Å²) in [6.07, 6.45) is 0.177. The van der Waals surface area contributed by atoms with Crippen molar-refractivity contribution in [3.05, 3.63) is 71.0 Å². The third kappa shape index (κ3) is 4.31. The summed E-state index contributed by atoms with van der Waals surface area (Å²) >= 11 is 0. The summed E-state index contributed by atoms with van der Waals surface area (Å²) in [5.41, 5.74) is 0.851. The van der Waals surface area contributed by atoms with Gasteiger partial charge in [0.05, 0.1) is 17.5 Å². The Labute approximate surface area is 155 Å². The first-order valence-corrected chi connectivity index (χ1v) is 8.59. The zero-order valence-electron chi connectivity index (χ0n) is 14.6. The summed E-state index contributed by atoms with van der Waals surface area (Å²) in [7, 11) is 0. The molecule has 7 heteroatoms. The van der Waals surface area contributed by atoms with Crippen molar-refractivity contribution in [2.24, 2.45) is 0 Å². The molecule has 0 unspecified atom stereocenters. The molecule has 0 spiro atoms. The van der Waals surface area contributed by atoms with Crippen molar-refractivity contribution >= 4 is 17.8 Å². The average molecular weight is 370 g/mol. The van der Waals surface area contributed by atoms with E-state index in [-0.39, 0.29) is 35.2 Å². The van der Waals surface area contributed by atoms with E-state index in [4.69, 9.17) is 0 Å². The highest BCUT2D eigenvalue weighted by atomic mass is 19.1. The average Bonchev–Trinajstić information content (AvgIpc) is 2.69. The standard InChI is InChI=1S/C20H19FN2O4/c21-15-7-5-14(6-8-15)13-18(24)22-9-11-23(12-10-22)19(25)16-3-1-2-4-17(16)20(26)27/h1-8H,9-13H2,(H,26,27). The third-order valence-corrected chi connectivity index (χ3v) is 4.58. The summed E-state index contributed by atoms with van der Waals surface area (Å²) in [4.78, 5) is 39.6. The third-order valence-electron chi connectivity index (χ3n) is 4.58. The molecule has 0 saturated carbocycles. The van der Waals surface area contributed by atoms with Crippen LogP contribution in [0, 0.1) is 5.82 Å². The maximum absolute atomic E-state index is 12.9. The fourth-order valence-electron chi connectivity index (χ4n) is 3.07. The largest absolute Gasteiger partial charge is 0.478 e. The Morgan fingerprint density at radius 1 is 0.852 bits per heavy atom. The summed E-state index contributed by atoms with van der Waals surface area (Å²) in [5.74, 6) is -1.93. The van der Waals surface area contributed by atoms with E-state index in [0.717, 1.165) is 5.56 Å². The Kier molecular flexibility index (Phi) is 5.49. The normalized spacial score (nSPS) is 14.1. The van der Waals surface area contributed by atoms with Crippen LogP contribution in [0.2, 0.25) is 0 Å². The van der Waals surface area contributed by atoms with Crippen molar-refractivity contribution in [3.8, 4) is 0 Å². The minimum Gasteiger partial charge on any atom is -0.478 e. The Morgan fingerprint density at radius 2 is 1.41 bits per heavy atom. The number of aromatic carboxylic acids is 1. The van der Waals surface area contributed by atoms with Crippen molar-refractivity contribution in [2.45, 2.75) is 6.42 Å². The van der Waals surface area contributed by atoms with Gasteiger partial charge in [0.1, 0.15) is 5.82 Å². The van der Waals surface area contributed by atoms with E-state index in [1.165, 1.54) is 24.3 Å². The van der Waals surface area contributed by atoms with Crippen LogP contribution in [-0.4, -0.2) is 58.9 Å². The number of rotatable bonds is 4. The van der Waals surface area contributed by atoms with Gasteiger partial charge in [0.15, 0.2) is 0 Å². The Bertz CT molecular complexity index is 859. The van der Waals surface area contributed by atoms with Crippen molar-refractivity contribution in [1.82, 2.24) is 9.80 Å². The molecule has 0 aliphatic carbocycles. The molecule has 2 aromatic rings. The molecule has 140 valence electrons. The van der Waals surface area contributed by atoms with Crippen LogP contribution < -0.4 is 0 Å². The van der Waals surface area contributed by atoms with Crippen LogP contribution in [0.5, 0.6) is 0 Å². The number of carbonyl (C=O) groups is 3. The lowest BCUT2D eigenvalue weighted by molar-refractivity contribution is -0.131. The number of carbonyl (C=O) groups excluding carboxylic acids is 2. The molecule has 1 N–H and O–H groups in total. The maximum atomic E-state index is 12.9. The van der Waals surface area contributed by atoms with Gasteiger partial charge in [-0.15, -0.1) is 0 Å². The van der Waals surface area contributed by atoms with Crippen molar-refractivity contribution in [2.75, 3.05) is 26.2 Å². The highest BCUT2D eigenvalue weighted by Crippen LogP contribution is 2.15. The van der Waals surface area contributed by atoms with E-state index in [2.05, 4.69) is 0 Å². The zero-order chi connectivity index (χ0) is 19.4. The Hall–Kier alpha value is -3.22. The number of benzene rings is 2. The van der Waals surface area contributed by atoms with E-state index in [9.17, 15) is 23.9 Å². The number of nitrogens with zero attached hydrogens (tertiary/aromatic N) is 2. The highest BCUT2D eigenvalue weighted by molar-refractivity contribution is 6.04. The molecular formula is C20H19FN2O4. The van der Waals surface area contributed by atoms with Gasteiger partial charge < -0.3 is 14.9 Å². The number of carboxylic acid groups (broad SMARTS) is 1. The molecule has 0 radical (unpaired) electrons. The molecule has 1 fully saturated rings. The van der Waals surface area contributed by atoms with Crippen LogP contribution in [0.25, 0.3) is 0 Å². The second-order valence-electron chi connectivity index (χ2n) is 6.33. The van der Waals surface area contributed by atoms with E-state index in [1.807, 2.05) is 0 Å². The van der Waals surface area contributed by atoms with Gasteiger partial charge in [-0.05, 0) is 29.8 Å². The SMILES string of the molecule is O=C(O)c1ccccc1C(=O)N1CCN(C(=O)Cc2ccc(F)cc2)CC1. The lowest BCUT2D eigenvalue weighted by Crippen LogP contribution is -2.51. The van der Waals surface area contributed by atoms with Crippen molar-refractivity contribution in [3.63, 3.8) is 0 Å². The van der Waals surface area contributed by atoms with Gasteiger partial charge in [-0.25, -0.2) is 9.18 Å². The second kappa shape index (κ2) is 7.99. The number of piperazine rings is 1. The van der Waals surface area contributed by atoms with Gasteiger partial charge in [0, 0.05) is 26.2 Å². The first kappa shape index (κ1) is 18.6. The first-order valence-electron chi connectivity index (χ1n) is 8.59. The first-order chi connectivity index (χ1) is 13.0. The van der Waals surface area contributed by atoms with Gasteiger partial charge in [-0.2, -0.15) is 0 Å². The molecule has 0 aromatic heterocycles. The molecular weight excluding hydrogens is 351 g/mol. The van der Waals surface area contributed by atoms with Crippen LogP contribution in [-0.2, 0) is 11.2 Å². The van der Waals surface area contributed by atoms with Gasteiger partial charge >= 0.3 is 5.97 Å². The van der Waals surface area contributed by atoms with Crippen LogP contribution in [0.15, 0.2) is 48.5 Å². The lowest BCUT2D eigenvalue weighted by atomic mass is 10.1. The highest BCUT2D eigenvalue weighted by Gasteiger charge is 2.27. The minimum atomic E-state index is -1.15.